The van der Waals surface area contributed by atoms with E-state index in [-0.39, 0.29) is 5.82 Å². The number of carbonyl (C=O) groups excluding carboxylic acids is 1. The Morgan fingerprint density at radius 3 is 2.58 bits per heavy atom. The van der Waals surface area contributed by atoms with Gasteiger partial charge in [0.05, 0.1) is 0 Å². The van der Waals surface area contributed by atoms with Crippen LogP contribution in [0.4, 0.5) is 10.1 Å². The lowest BCUT2D eigenvalue weighted by Gasteiger charge is -2.21. The van der Waals surface area contributed by atoms with Gasteiger partial charge in [0, 0.05) is 24.8 Å². The van der Waals surface area contributed by atoms with Crippen LogP contribution in [-0.4, -0.2) is 19.9 Å². The topological polar surface area (TPSA) is 20.3 Å². The Hall–Kier alpha value is -2.16. The zero-order valence-electron chi connectivity index (χ0n) is 10.8. The van der Waals surface area contributed by atoms with Crippen molar-refractivity contribution in [3.05, 3.63) is 65.5 Å². The average molecular weight is 257 g/mol. The van der Waals surface area contributed by atoms with Crippen molar-refractivity contribution in [1.82, 2.24) is 0 Å². The first-order valence-electron chi connectivity index (χ1n) is 6.20. The molecule has 0 aliphatic rings. The third kappa shape index (κ3) is 3.41. The van der Waals surface area contributed by atoms with Crippen LogP contribution >= 0.6 is 0 Å². The summed E-state index contributed by atoms with van der Waals surface area (Å²) in [6.45, 7) is 0.774. The first-order valence-corrected chi connectivity index (χ1v) is 6.20. The first-order chi connectivity index (χ1) is 9.20. The molecule has 2 aromatic carbocycles. The molecule has 0 spiro atoms. The van der Waals surface area contributed by atoms with Crippen LogP contribution in [0.3, 0.4) is 0 Å². The molecule has 0 saturated heterocycles. The first kappa shape index (κ1) is 13.3. The van der Waals surface area contributed by atoms with Crippen LogP contribution in [0.1, 0.15) is 15.9 Å². The number of rotatable bonds is 5. The van der Waals surface area contributed by atoms with Gasteiger partial charge in [-0.2, -0.15) is 0 Å². The second-order valence-electron chi connectivity index (χ2n) is 4.48. The van der Waals surface area contributed by atoms with Gasteiger partial charge in [-0.3, -0.25) is 4.79 Å². The zero-order chi connectivity index (χ0) is 13.7. The van der Waals surface area contributed by atoms with Gasteiger partial charge in [-0.15, -0.1) is 0 Å². The van der Waals surface area contributed by atoms with Crippen LogP contribution in [-0.2, 0) is 6.42 Å². The molecule has 0 fully saturated rings. The number of benzene rings is 2. The van der Waals surface area contributed by atoms with Crippen molar-refractivity contribution in [1.29, 1.82) is 0 Å². The SMILES string of the molecule is CN(CCc1ccccc1)c1ccc(F)cc1C=O. The van der Waals surface area contributed by atoms with Crippen molar-refractivity contribution < 1.29 is 9.18 Å². The molecule has 0 aliphatic heterocycles. The maximum Gasteiger partial charge on any atom is 0.152 e. The fourth-order valence-corrected chi connectivity index (χ4v) is 2.03. The second-order valence-corrected chi connectivity index (χ2v) is 4.48. The second kappa shape index (κ2) is 6.14. The zero-order valence-corrected chi connectivity index (χ0v) is 10.8. The van der Waals surface area contributed by atoms with E-state index in [1.165, 1.54) is 17.7 Å². The van der Waals surface area contributed by atoms with E-state index >= 15 is 0 Å². The van der Waals surface area contributed by atoms with E-state index in [0.29, 0.717) is 11.8 Å². The maximum absolute atomic E-state index is 13.1. The number of likely N-dealkylation sites (N-methyl/N-ethyl adjacent to an activating group) is 1. The third-order valence-corrected chi connectivity index (χ3v) is 3.11. The lowest BCUT2D eigenvalue weighted by molar-refractivity contribution is 0.112. The predicted molar refractivity (Wildman–Crippen MR) is 75.2 cm³/mol. The number of hydrogen-bond acceptors (Lipinski definition) is 2. The number of carbonyl (C=O) groups is 1. The summed E-state index contributed by atoms with van der Waals surface area (Å²) < 4.78 is 13.1. The number of anilines is 1. The Bertz CT molecular complexity index is 554. The largest absolute Gasteiger partial charge is 0.374 e. The van der Waals surface area contributed by atoms with Crippen molar-refractivity contribution in [3.63, 3.8) is 0 Å². The number of aldehydes is 1. The van der Waals surface area contributed by atoms with Crippen molar-refractivity contribution >= 4 is 12.0 Å². The van der Waals surface area contributed by atoms with Crippen molar-refractivity contribution in [2.75, 3.05) is 18.5 Å². The van der Waals surface area contributed by atoms with Gasteiger partial charge in [0.15, 0.2) is 6.29 Å². The molecule has 0 aromatic heterocycles. The number of nitrogens with zero attached hydrogens (tertiary/aromatic N) is 1. The molecule has 19 heavy (non-hydrogen) atoms. The summed E-state index contributed by atoms with van der Waals surface area (Å²) in [7, 11) is 1.91. The van der Waals surface area contributed by atoms with E-state index in [9.17, 15) is 9.18 Å². The van der Waals surface area contributed by atoms with Gasteiger partial charge in [0.25, 0.3) is 0 Å². The van der Waals surface area contributed by atoms with E-state index in [2.05, 4.69) is 12.1 Å². The normalized spacial score (nSPS) is 10.2. The summed E-state index contributed by atoms with van der Waals surface area (Å²) in [4.78, 5) is 12.9. The molecule has 2 aromatic rings. The summed E-state index contributed by atoms with van der Waals surface area (Å²) in [6, 6.07) is 14.4. The lowest BCUT2D eigenvalue weighted by atomic mass is 10.1. The highest BCUT2D eigenvalue weighted by atomic mass is 19.1. The van der Waals surface area contributed by atoms with Crippen LogP contribution in [0.25, 0.3) is 0 Å². The highest BCUT2D eigenvalue weighted by Crippen LogP contribution is 2.19. The molecule has 2 rings (SSSR count). The standard InChI is InChI=1S/C16H16FNO/c1-18(10-9-13-5-3-2-4-6-13)16-8-7-15(17)11-14(16)12-19/h2-8,11-12H,9-10H2,1H3. The average Bonchev–Trinajstić information content (AvgIpc) is 2.45. The van der Waals surface area contributed by atoms with Gasteiger partial charge in [-0.1, -0.05) is 30.3 Å². The molecular weight excluding hydrogens is 241 g/mol. The third-order valence-electron chi connectivity index (χ3n) is 3.11. The molecule has 0 atom stereocenters. The van der Waals surface area contributed by atoms with Crippen molar-refractivity contribution in [2.24, 2.45) is 0 Å². The minimum atomic E-state index is -0.387. The maximum atomic E-state index is 13.1. The highest BCUT2D eigenvalue weighted by molar-refractivity contribution is 5.84. The smallest absolute Gasteiger partial charge is 0.152 e. The van der Waals surface area contributed by atoms with Gasteiger partial charge < -0.3 is 4.90 Å². The molecule has 0 bridgehead atoms. The van der Waals surface area contributed by atoms with Gasteiger partial charge in [0.2, 0.25) is 0 Å². The molecule has 0 radical (unpaired) electrons. The van der Waals surface area contributed by atoms with Crippen LogP contribution in [0.5, 0.6) is 0 Å². The van der Waals surface area contributed by atoms with Crippen LogP contribution in [0.15, 0.2) is 48.5 Å². The minimum Gasteiger partial charge on any atom is -0.374 e. The molecular formula is C16H16FNO. The summed E-state index contributed by atoms with van der Waals surface area (Å²) in [6.07, 6.45) is 1.57. The number of hydrogen-bond donors (Lipinski definition) is 0. The van der Waals surface area contributed by atoms with Gasteiger partial charge in [-0.25, -0.2) is 4.39 Å². The summed E-state index contributed by atoms with van der Waals surface area (Å²) in [5.41, 5.74) is 2.38. The lowest BCUT2D eigenvalue weighted by Crippen LogP contribution is -2.21. The van der Waals surface area contributed by atoms with Crippen LogP contribution in [0.2, 0.25) is 0 Å². The molecule has 0 unspecified atom stereocenters. The van der Waals surface area contributed by atoms with Gasteiger partial charge >= 0.3 is 0 Å². The quantitative estimate of drug-likeness (QED) is 0.766. The monoisotopic (exact) mass is 257 g/mol. The van der Waals surface area contributed by atoms with E-state index < -0.39 is 0 Å². The van der Waals surface area contributed by atoms with Gasteiger partial charge in [0.1, 0.15) is 5.82 Å². The predicted octanol–water partition coefficient (Wildman–Crippen LogP) is 3.32. The molecule has 0 N–H and O–H groups in total. The Balaban J connectivity index is 2.08. The molecule has 0 saturated carbocycles. The summed E-state index contributed by atoms with van der Waals surface area (Å²) in [5, 5.41) is 0. The van der Waals surface area contributed by atoms with E-state index in [1.807, 2.05) is 30.1 Å². The molecule has 2 nitrogen and oxygen atoms in total. The summed E-state index contributed by atoms with van der Waals surface area (Å²) >= 11 is 0. The Morgan fingerprint density at radius 1 is 1.16 bits per heavy atom. The Kier molecular flexibility index (Phi) is 4.29. The number of halogens is 1. The fourth-order valence-electron chi connectivity index (χ4n) is 2.03. The van der Waals surface area contributed by atoms with E-state index in [4.69, 9.17) is 0 Å². The van der Waals surface area contributed by atoms with E-state index in [0.717, 1.165) is 18.7 Å². The van der Waals surface area contributed by atoms with Crippen molar-refractivity contribution in [3.8, 4) is 0 Å². The molecule has 0 amide bonds. The highest BCUT2D eigenvalue weighted by Gasteiger charge is 2.08. The Labute approximate surface area is 112 Å². The molecule has 98 valence electrons. The fraction of sp³-hybridized carbons (Fsp3) is 0.188. The van der Waals surface area contributed by atoms with Gasteiger partial charge in [-0.05, 0) is 30.2 Å². The molecule has 3 heteroatoms. The molecule has 0 heterocycles. The molecule has 0 aliphatic carbocycles. The Morgan fingerprint density at radius 2 is 1.89 bits per heavy atom. The van der Waals surface area contributed by atoms with Crippen molar-refractivity contribution in [2.45, 2.75) is 6.42 Å². The van der Waals surface area contributed by atoms with Crippen LogP contribution < -0.4 is 4.90 Å². The summed E-state index contributed by atoms with van der Waals surface area (Å²) in [5.74, 6) is -0.387. The van der Waals surface area contributed by atoms with Crippen LogP contribution in [0, 0.1) is 5.82 Å². The minimum absolute atomic E-state index is 0.385. The van der Waals surface area contributed by atoms with E-state index in [1.54, 1.807) is 6.07 Å².